The van der Waals surface area contributed by atoms with Crippen molar-refractivity contribution in [2.24, 2.45) is 4.99 Å². The van der Waals surface area contributed by atoms with Crippen molar-refractivity contribution < 1.29 is 9.32 Å². The second-order valence-corrected chi connectivity index (χ2v) is 7.44. The molecule has 9 heteroatoms. The molecule has 0 fully saturated rings. The van der Waals surface area contributed by atoms with Gasteiger partial charge in [0, 0.05) is 38.7 Å². The second kappa shape index (κ2) is 10.4. The number of benzene rings is 1. The van der Waals surface area contributed by atoms with Gasteiger partial charge < -0.3 is 20.1 Å². The molecule has 0 bridgehead atoms. The molecular formula is C19H29IN6O2. The minimum Gasteiger partial charge on any atom is -0.352 e. The van der Waals surface area contributed by atoms with Crippen molar-refractivity contribution in [3.8, 4) is 0 Å². The van der Waals surface area contributed by atoms with Gasteiger partial charge in [-0.3, -0.25) is 9.79 Å². The molecule has 0 unspecified atom stereocenters. The van der Waals surface area contributed by atoms with Crippen LogP contribution in [-0.2, 0) is 18.5 Å². The van der Waals surface area contributed by atoms with E-state index in [1.165, 1.54) is 0 Å². The maximum Gasteiger partial charge on any atom is 0.253 e. The van der Waals surface area contributed by atoms with E-state index in [2.05, 4.69) is 25.8 Å². The molecule has 28 heavy (non-hydrogen) atoms. The van der Waals surface area contributed by atoms with Crippen LogP contribution in [0.25, 0.3) is 0 Å². The number of aromatic nitrogens is 2. The predicted molar refractivity (Wildman–Crippen MR) is 120 cm³/mol. The Morgan fingerprint density at radius 2 is 1.75 bits per heavy atom. The van der Waals surface area contributed by atoms with E-state index in [1.54, 1.807) is 26.0 Å². The fraction of sp³-hybridized carbons (Fsp3) is 0.474. The van der Waals surface area contributed by atoms with Crippen LogP contribution in [0.2, 0.25) is 0 Å². The third-order valence-corrected chi connectivity index (χ3v) is 3.81. The number of hydrogen-bond acceptors (Lipinski definition) is 5. The molecule has 0 spiro atoms. The van der Waals surface area contributed by atoms with Crippen molar-refractivity contribution >= 4 is 35.8 Å². The number of nitrogens with zero attached hydrogens (tertiary/aromatic N) is 4. The summed E-state index contributed by atoms with van der Waals surface area (Å²) >= 11 is 0. The van der Waals surface area contributed by atoms with Gasteiger partial charge in [0.1, 0.15) is 0 Å². The number of carbonyl (C=O) groups excluding carboxylic acids is 1. The lowest BCUT2D eigenvalue weighted by Crippen LogP contribution is -2.36. The summed E-state index contributed by atoms with van der Waals surface area (Å²) in [7, 11) is 5.17. The van der Waals surface area contributed by atoms with Gasteiger partial charge in [0.05, 0.1) is 6.54 Å². The largest absolute Gasteiger partial charge is 0.352 e. The Labute approximate surface area is 183 Å². The first kappa shape index (κ1) is 23.9. The molecule has 0 saturated carbocycles. The Balaban J connectivity index is 0.00000392. The predicted octanol–water partition coefficient (Wildman–Crippen LogP) is 2.55. The summed E-state index contributed by atoms with van der Waals surface area (Å²) in [5, 5.41) is 10.4. The van der Waals surface area contributed by atoms with Crippen molar-refractivity contribution in [3.63, 3.8) is 0 Å². The Kier molecular flexibility index (Phi) is 8.86. The van der Waals surface area contributed by atoms with E-state index < -0.39 is 0 Å². The highest BCUT2D eigenvalue weighted by Gasteiger charge is 2.21. The van der Waals surface area contributed by atoms with Crippen LogP contribution in [0.3, 0.4) is 0 Å². The Morgan fingerprint density at radius 1 is 1.14 bits per heavy atom. The summed E-state index contributed by atoms with van der Waals surface area (Å²) < 4.78 is 5.28. The average molecular weight is 500 g/mol. The summed E-state index contributed by atoms with van der Waals surface area (Å²) in [4.78, 5) is 22.0. The van der Waals surface area contributed by atoms with Crippen LogP contribution in [0.4, 0.5) is 0 Å². The summed E-state index contributed by atoms with van der Waals surface area (Å²) in [6, 6.07) is 7.49. The molecule has 0 saturated heterocycles. The smallest absolute Gasteiger partial charge is 0.253 e. The van der Waals surface area contributed by atoms with Crippen molar-refractivity contribution in [3.05, 3.63) is 47.1 Å². The molecule has 1 aromatic heterocycles. The van der Waals surface area contributed by atoms with Gasteiger partial charge in [0.15, 0.2) is 11.8 Å². The Hall–Kier alpha value is -2.17. The molecule has 1 heterocycles. The number of guanidine groups is 1. The molecular weight excluding hydrogens is 471 g/mol. The molecule has 0 aliphatic rings. The van der Waals surface area contributed by atoms with Gasteiger partial charge in [-0.1, -0.05) is 38.1 Å². The first-order valence-corrected chi connectivity index (χ1v) is 8.79. The van der Waals surface area contributed by atoms with Crippen LogP contribution >= 0.6 is 24.0 Å². The monoisotopic (exact) mass is 500 g/mol. The van der Waals surface area contributed by atoms with Crippen molar-refractivity contribution in [1.29, 1.82) is 0 Å². The summed E-state index contributed by atoms with van der Waals surface area (Å²) in [5.74, 6) is 1.80. The Bertz CT molecular complexity index is 794. The standard InChI is InChI=1S/C19H28N6O2.HI/c1-19(2,3)17-23-15(24-27-17)12-22-18(20-4)21-11-13-7-9-14(10-8-13)16(26)25(5)6;/h7-10H,11-12H2,1-6H3,(H2,20,21,22);1H. The van der Waals surface area contributed by atoms with Crippen LogP contribution in [0.15, 0.2) is 33.8 Å². The van der Waals surface area contributed by atoms with Gasteiger partial charge in [-0.25, -0.2) is 0 Å². The number of carbonyl (C=O) groups is 1. The molecule has 0 aliphatic heterocycles. The molecule has 1 aromatic carbocycles. The maximum absolute atomic E-state index is 11.9. The third-order valence-electron chi connectivity index (χ3n) is 3.81. The molecule has 0 radical (unpaired) electrons. The zero-order valence-corrected chi connectivity index (χ0v) is 19.6. The second-order valence-electron chi connectivity index (χ2n) is 7.44. The normalized spacial score (nSPS) is 11.6. The highest BCUT2D eigenvalue weighted by molar-refractivity contribution is 14.0. The Morgan fingerprint density at radius 3 is 2.25 bits per heavy atom. The van der Waals surface area contributed by atoms with Gasteiger partial charge in [0.25, 0.3) is 5.91 Å². The summed E-state index contributed by atoms with van der Waals surface area (Å²) in [5.41, 5.74) is 1.53. The lowest BCUT2D eigenvalue weighted by molar-refractivity contribution is 0.0827. The molecule has 2 rings (SSSR count). The van der Waals surface area contributed by atoms with Crippen molar-refractivity contribution in [2.75, 3.05) is 21.1 Å². The van der Waals surface area contributed by atoms with E-state index in [0.29, 0.717) is 36.3 Å². The molecule has 2 aromatic rings. The first-order chi connectivity index (χ1) is 12.7. The van der Waals surface area contributed by atoms with Gasteiger partial charge in [-0.05, 0) is 17.7 Å². The maximum atomic E-state index is 11.9. The fourth-order valence-electron chi connectivity index (χ4n) is 2.22. The minimum atomic E-state index is -0.175. The molecule has 0 aliphatic carbocycles. The van der Waals surface area contributed by atoms with Crippen LogP contribution in [0.1, 0.15) is 48.4 Å². The van der Waals surface area contributed by atoms with E-state index in [4.69, 9.17) is 4.52 Å². The molecule has 0 atom stereocenters. The highest BCUT2D eigenvalue weighted by Crippen LogP contribution is 2.19. The van der Waals surface area contributed by atoms with E-state index in [9.17, 15) is 4.79 Å². The van der Waals surface area contributed by atoms with E-state index in [1.807, 2.05) is 45.0 Å². The van der Waals surface area contributed by atoms with Crippen LogP contribution in [-0.4, -0.2) is 48.1 Å². The number of halogens is 1. The summed E-state index contributed by atoms with van der Waals surface area (Å²) in [6.45, 7) is 7.06. The topological polar surface area (TPSA) is 95.7 Å². The molecule has 8 nitrogen and oxygen atoms in total. The third kappa shape index (κ3) is 6.77. The van der Waals surface area contributed by atoms with Crippen LogP contribution in [0.5, 0.6) is 0 Å². The van der Waals surface area contributed by atoms with Gasteiger partial charge in [-0.15, -0.1) is 24.0 Å². The number of aliphatic imine (C=N–C) groups is 1. The lowest BCUT2D eigenvalue weighted by atomic mass is 9.97. The highest BCUT2D eigenvalue weighted by atomic mass is 127. The zero-order chi connectivity index (χ0) is 20.0. The molecule has 2 N–H and O–H groups in total. The van der Waals surface area contributed by atoms with E-state index in [-0.39, 0.29) is 35.3 Å². The average Bonchev–Trinajstić information content (AvgIpc) is 3.11. The van der Waals surface area contributed by atoms with E-state index in [0.717, 1.165) is 5.56 Å². The molecule has 1 amide bonds. The van der Waals surface area contributed by atoms with Crippen molar-refractivity contribution in [2.45, 2.75) is 39.3 Å². The summed E-state index contributed by atoms with van der Waals surface area (Å²) in [6.07, 6.45) is 0. The zero-order valence-electron chi connectivity index (χ0n) is 17.2. The van der Waals surface area contributed by atoms with Gasteiger partial charge in [-0.2, -0.15) is 4.98 Å². The lowest BCUT2D eigenvalue weighted by Gasteiger charge is -2.12. The number of nitrogens with one attached hydrogen (secondary N) is 2. The molecule has 154 valence electrons. The quantitative estimate of drug-likeness (QED) is 0.372. The number of rotatable bonds is 5. The minimum absolute atomic E-state index is 0. The van der Waals surface area contributed by atoms with E-state index >= 15 is 0 Å². The van der Waals surface area contributed by atoms with Crippen LogP contribution < -0.4 is 10.6 Å². The number of hydrogen-bond donors (Lipinski definition) is 2. The fourth-order valence-corrected chi connectivity index (χ4v) is 2.22. The van der Waals surface area contributed by atoms with Gasteiger partial charge >= 0.3 is 0 Å². The van der Waals surface area contributed by atoms with Crippen LogP contribution in [0, 0.1) is 0 Å². The first-order valence-electron chi connectivity index (χ1n) is 8.79. The SMILES string of the molecule is CN=C(NCc1ccc(C(=O)N(C)C)cc1)NCc1noc(C(C)(C)C)n1.I. The number of amides is 1. The van der Waals surface area contributed by atoms with Gasteiger partial charge in [0.2, 0.25) is 5.89 Å². The van der Waals surface area contributed by atoms with Crippen molar-refractivity contribution in [1.82, 2.24) is 25.7 Å².